The standard InChI is InChI=1S/C31H49N3O2.C12H22O.3C2H6/c1-10-17-30(7,8)20-24-15-16-25-27(23(24)6)32-29(36)31(25,21(3)4)19-22(5)33(9)28(35)26-14-12-13-18-34(26)11-2;1-3-4-5-6-7-8-9-10-11-12(2)13;3*1-2/h10,15-17,21-22,26H,11-14,18-20H2,1-9H3,(H,32,36);3H,1,4-11H2,2H3;3*1-2H3/b17-10-;;;;. The van der Waals surface area contributed by atoms with Crippen molar-refractivity contribution in [1.82, 2.24) is 9.80 Å². The molecule has 318 valence electrons. The fourth-order valence-electron chi connectivity index (χ4n) is 7.91. The largest absolute Gasteiger partial charge is 0.342 e. The van der Waals surface area contributed by atoms with E-state index in [1.165, 1.54) is 43.2 Å². The molecule has 0 saturated carbocycles. The van der Waals surface area contributed by atoms with Gasteiger partial charge in [-0.05, 0) is 114 Å². The Morgan fingerprint density at radius 3 is 2.11 bits per heavy atom. The zero-order chi connectivity index (χ0) is 42.8. The molecule has 0 spiro atoms. The number of carbonyl (C=O) groups is 3. The van der Waals surface area contributed by atoms with E-state index in [1.807, 2.05) is 59.6 Å². The fourth-order valence-corrected chi connectivity index (χ4v) is 7.91. The molecule has 1 fully saturated rings. The minimum atomic E-state index is -0.650. The molecular formula is C49H89N3O3. The molecule has 55 heavy (non-hydrogen) atoms. The third kappa shape index (κ3) is 17.1. The second-order valence-electron chi connectivity index (χ2n) is 15.8. The molecule has 0 aromatic heterocycles. The number of Topliss-reactive ketones (excluding diaryl/α,β-unsaturated/α-hetero) is 1. The van der Waals surface area contributed by atoms with Gasteiger partial charge in [0.25, 0.3) is 0 Å². The molecule has 3 unspecified atom stereocenters. The summed E-state index contributed by atoms with van der Waals surface area (Å²) in [7, 11) is 1.93. The lowest BCUT2D eigenvalue weighted by Gasteiger charge is -2.40. The molecule has 3 atom stereocenters. The third-order valence-electron chi connectivity index (χ3n) is 11.1. The van der Waals surface area contributed by atoms with Crippen LogP contribution in [0.4, 0.5) is 5.69 Å². The monoisotopic (exact) mass is 768 g/mol. The summed E-state index contributed by atoms with van der Waals surface area (Å²) in [6, 6.07) is 4.31. The first kappa shape index (κ1) is 54.4. The second-order valence-corrected chi connectivity index (χ2v) is 15.8. The predicted octanol–water partition coefficient (Wildman–Crippen LogP) is 13.1. The first-order valence-corrected chi connectivity index (χ1v) is 22.4. The molecule has 1 aromatic rings. The number of allylic oxidation sites excluding steroid dienone is 3. The summed E-state index contributed by atoms with van der Waals surface area (Å²) in [6.45, 7) is 36.5. The maximum Gasteiger partial charge on any atom is 0.239 e. The zero-order valence-electron chi connectivity index (χ0n) is 39.1. The molecule has 1 saturated heterocycles. The minimum Gasteiger partial charge on any atom is -0.342 e. The van der Waals surface area contributed by atoms with Gasteiger partial charge in [0.15, 0.2) is 0 Å². The van der Waals surface area contributed by atoms with Crippen LogP contribution in [0.2, 0.25) is 0 Å². The maximum absolute atomic E-state index is 13.7. The summed E-state index contributed by atoms with van der Waals surface area (Å²) in [5.74, 6) is 0.697. The van der Waals surface area contributed by atoms with Gasteiger partial charge in [0, 0.05) is 25.2 Å². The first-order valence-electron chi connectivity index (χ1n) is 22.4. The van der Waals surface area contributed by atoms with E-state index in [0.29, 0.717) is 12.2 Å². The predicted molar refractivity (Wildman–Crippen MR) is 242 cm³/mol. The number of fused-ring (bicyclic) bond motifs is 1. The molecule has 3 rings (SSSR count). The van der Waals surface area contributed by atoms with Crippen molar-refractivity contribution in [1.29, 1.82) is 0 Å². The van der Waals surface area contributed by atoms with Crippen molar-refractivity contribution in [3.05, 3.63) is 53.6 Å². The molecule has 2 amide bonds. The highest BCUT2D eigenvalue weighted by molar-refractivity contribution is 6.07. The Balaban J connectivity index is 0. The van der Waals surface area contributed by atoms with Crippen molar-refractivity contribution < 1.29 is 14.4 Å². The highest BCUT2D eigenvalue weighted by Gasteiger charge is 2.51. The SMILES string of the molecule is C/C=C\C(C)(C)Cc1ccc2c(c1C)NC(=O)C2(CC(C)N(C)C(=O)C1CCCCN1CC)C(C)C.C=CCCCCCCCCC(C)=O.CC.CC.CC. The number of likely N-dealkylation sites (N-methyl/N-ethyl adjacent to an activating group) is 2. The second kappa shape index (κ2) is 29.5. The Bertz CT molecular complexity index is 1270. The number of nitrogens with one attached hydrogen (secondary N) is 1. The van der Waals surface area contributed by atoms with Gasteiger partial charge < -0.3 is 15.0 Å². The van der Waals surface area contributed by atoms with E-state index in [2.05, 4.69) is 96.5 Å². The summed E-state index contributed by atoms with van der Waals surface area (Å²) in [6.07, 6.45) is 20.5. The molecule has 2 heterocycles. The number of rotatable bonds is 18. The van der Waals surface area contributed by atoms with Crippen LogP contribution in [0.15, 0.2) is 36.9 Å². The highest BCUT2D eigenvalue weighted by atomic mass is 16.2. The summed E-state index contributed by atoms with van der Waals surface area (Å²) >= 11 is 0. The number of anilines is 1. The minimum absolute atomic E-state index is 0.0405. The molecular weight excluding hydrogens is 679 g/mol. The van der Waals surface area contributed by atoms with Crippen LogP contribution in [0.1, 0.15) is 191 Å². The van der Waals surface area contributed by atoms with Gasteiger partial charge in [-0.25, -0.2) is 0 Å². The lowest BCUT2D eigenvalue weighted by atomic mass is 9.68. The number of hydrogen-bond donors (Lipinski definition) is 1. The number of carbonyl (C=O) groups excluding carboxylic acids is 3. The lowest BCUT2D eigenvalue weighted by molar-refractivity contribution is -0.140. The third-order valence-corrected chi connectivity index (χ3v) is 11.1. The van der Waals surface area contributed by atoms with E-state index in [9.17, 15) is 14.4 Å². The van der Waals surface area contributed by atoms with Gasteiger partial charge in [-0.1, -0.05) is 139 Å². The van der Waals surface area contributed by atoms with Gasteiger partial charge >= 0.3 is 0 Å². The van der Waals surface area contributed by atoms with Crippen molar-refractivity contribution in [2.24, 2.45) is 11.3 Å². The number of nitrogens with zero attached hydrogens (tertiary/aromatic N) is 2. The van der Waals surface area contributed by atoms with Crippen molar-refractivity contribution in [3.8, 4) is 0 Å². The van der Waals surface area contributed by atoms with Crippen LogP contribution >= 0.6 is 0 Å². The molecule has 2 aliphatic rings. The van der Waals surface area contributed by atoms with Gasteiger partial charge in [0.1, 0.15) is 5.78 Å². The molecule has 1 aromatic carbocycles. The summed E-state index contributed by atoms with van der Waals surface area (Å²) < 4.78 is 0. The molecule has 2 aliphatic heterocycles. The van der Waals surface area contributed by atoms with E-state index in [1.54, 1.807) is 6.92 Å². The highest BCUT2D eigenvalue weighted by Crippen LogP contribution is 2.49. The average Bonchev–Trinajstić information content (AvgIpc) is 3.47. The van der Waals surface area contributed by atoms with E-state index >= 15 is 0 Å². The van der Waals surface area contributed by atoms with Crippen LogP contribution in [-0.2, 0) is 26.2 Å². The van der Waals surface area contributed by atoms with Crippen LogP contribution in [0.5, 0.6) is 0 Å². The summed E-state index contributed by atoms with van der Waals surface area (Å²) in [4.78, 5) is 42.1. The van der Waals surface area contributed by atoms with Crippen LogP contribution < -0.4 is 5.32 Å². The average molecular weight is 768 g/mol. The van der Waals surface area contributed by atoms with E-state index in [-0.39, 0.29) is 35.2 Å². The smallest absolute Gasteiger partial charge is 0.239 e. The van der Waals surface area contributed by atoms with Gasteiger partial charge in [-0.3, -0.25) is 14.5 Å². The molecule has 0 aliphatic carbocycles. The Morgan fingerprint density at radius 1 is 1.00 bits per heavy atom. The van der Waals surface area contributed by atoms with Crippen LogP contribution in [0.3, 0.4) is 0 Å². The normalized spacial score (nSPS) is 18.2. The number of amides is 2. The van der Waals surface area contributed by atoms with Crippen LogP contribution in [0.25, 0.3) is 0 Å². The van der Waals surface area contributed by atoms with Gasteiger partial charge in [0.05, 0.1) is 11.5 Å². The first-order chi connectivity index (χ1) is 26.2. The lowest BCUT2D eigenvalue weighted by Crippen LogP contribution is -2.53. The number of piperidine rings is 1. The van der Waals surface area contributed by atoms with Crippen molar-refractivity contribution >= 4 is 23.3 Å². The van der Waals surface area contributed by atoms with Crippen molar-refractivity contribution in [2.45, 2.75) is 205 Å². The molecule has 0 radical (unpaired) electrons. The van der Waals surface area contributed by atoms with Gasteiger partial charge in [0.2, 0.25) is 11.8 Å². The number of ketones is 1. The summed E-state index contributed by atoms with van der Waals surface area (Å²) in [5.41, 5.74) is 3.91. The number of unbranched alkanes of at least 4 members (excludes halogenated alkanes) is 6. The molecule has 6 nitrogen and oxygen atoms in total. The van der Waals surface area contributed by atoms with Crippen LogP contribution in [0, 0.1) is 18.3 Å². The van der Waals surface area contributed by atoms with Crippen molar-refractivity contribution in [2.75, 3.05) is 25.5 Å². The molecule has 6 heteroatoms. The zero-order valence-corrected chi connectivity index (χ0v) is 39.1. The maximum atomic E-state index is 13.7. The van der Waals surface area contributed by atoms with Crippen LogP contribution in [-0.4, -0.2) is 59.6 Å². The van der Waals surface area contributed by atoms with Gasteiger partial charge in [-0.15, -0.1) is 6.58 Å². The number of likely N-dealkylation sites (tertiary alicyclic amines) is 1. The summed E-state index contributed by atoms with van der Waals surface area (Å²) in [5, 5.41) is 3.28. The number of benzene rings is 1. The van der Waals surface area contributed by atoms with E-state index in [0.717, 1.165) is 69.3 Å². The Kier molecular flexibility index (Phi) is 29.2. The van der Waals surface area contributed by atoms with E-state index < -0.39 is 5.41 Å². The van der Waals surface area contributed by atoms with Gasteiger partial charge in [-0.2, -0.15) is 0 Å². The number of hydrogen-bond acceptors (Lipinski definition) is 4. The topological polar surface area (TPSA) is 69.7 Å². The van der Waals surface area contributed by atoms with E-state index in [4.69, 9.17) is 0 Å². The quantitative estimate of drug-likeness (QED) is 0.119. The Morgan fingerprint density at radius 2 is 1.58 bits per heavy atom. The van der Waals surface area contributed by atoms with Crippen molar-refractivity contribution in [3.63, 3.8) is 0 Å². The Hall–Kier alpha value is -2.73. The molecule has 0 bridgehead atoms. The fraction of sp³-hybridized carbons (Fsp3) is 0.735. The Labute approximate surface area is 341 Å². The molecule has 1 N–H and O–H groups in total.